The Hall–Kier alpha value is -1.28. The number of nitrogens with zero attached hydrogens (tertiary/aromatic N) is 1. The molecule has 0 aliphatic rings. The summed E-state index contributed by atoms with van der Waals surface area (Å²) >= 11 is 0. The number of hydrogen-bond acceptors (Lipinski definition) is 1. The summed E-state index contributed by atoms with van der Waals surface area (Å²) in [7, 11) is 0. The summed E-state index contributed by atoms with van der Waals surface area (Å²) in [6, 6.07) is 11.1. The molecule has 0 fully saturated rings. The fourth-order valence-corrected chi connectivity index (χ4v) is 2.59. The number of aryl methyl sites for hydroxylation is 1. The van der Waals surface area contributed by atoms with E-state index < -0.39 is 0 Å². The highest BCUT2D eigenvalue weighted by Gasteiger charge is 2.07. The molecule has 0 atom stereocenters. The molecule has 2 rings (SSSR count). The van der Waals surface area contributed by atoms with Crippen molar-refractivity contribution in [2.45, 2.75) is 52.6 Å². The maximum absolute atomic E-state index is 3.52. The second-order valence-electron chi connectivity index (χ2n) is 5.23. The summed E-state index contributed by atoms with van der Waals surface area (Å²) < 4.78 is 2.49. The third kappa shape index (κ3) is 3.60. The molecule has 0 saturated carbocycles. The first kappa shape index (κ1) is 14.1. The van der Waals surface area contributed by atoms with Crippen molar-refractivity contribution in [2.24, 2.45) is 0 Å². The molecule has 0 spiro atoms. The minimum atomic E-state index is 0.981. The molecule has 0 aliphatic carbocycles. The van der Waals surface area contributed by atoms with Gasteiger partial charge >= 0.3 is 0 Å². The van der Waals surface area contributed by atoms with Crippen molar-refractivity contribution in [3.8, 4) is 0 Å². The van der Waals surface area contributed by atoms with Crippen molar-refractivity contribution in [1.29, 1.82) is 0 Å². The Balaban J connectivity index is 2.18. The first-order valence-corrected chi connectivity index (χ1v) is 7.64. The van der Waals surface area contributed by atoms with Crippen LogP contribution in [0.2, 0.25) is 0 Å². The molecular weight excluding hydrogens is 232 g/mol. The quantitative estimate of drug-likeness (QED) is 0.697. The lowest BCUT2D eigenvalue weighted by molar-refractivity contribution is 0.575. The lowest BCUT2D eigenvalue weighted by Gasteiger charge is -2.11. The summed E-state index contributed by atoms with van der Waals surface area (Å²) in [6.45, 7) is 7.69. The Labute approximate surface area is 116 Å². The van der Waals surface area contributed by atoms with Crippen LogP contribution in [0.1, 0.15) is 45.2 Å². The van der Waals surface area contributed by atoms with Crippen molar-refractivity contribution in [1.82, 2.24) is 9.88 Å². The van der Waals surface area contributed by atoms with Crippen LogP contribution in [-0.2, 0) is 13.1 Å². The zero-order chi connectivity index (χ0) is 13.5. The van der Waals surface area contributed by atoms with Crippen molar-refractivity contribution < 1.29 is 0 Å². The molecule has 0 amide bonds. The van der Waals surface area contributed by atoms with Crippen molar-refractivity contribution in [3.63, 3.8) is 0 Å². The van der Waals surface area contributed by atoms with Crippen molar-refractivity contribution in [2.75, 3.05) is 6.54 Å². The van der Waals surface area contributed by atoms with Crippen LogP contribution >= 0.6 is 0 Å². The van der Waals surface area contributed by atoms with Crippen LogP contribution in [0, 0.1) is 0 Å². The van der Waals surface area contributed by atoms with E-state index in [1.54, 1.807) is 0 Å². The predicted octanol–water partition coefficient (Wildman–Crippen LogP) is 4.33. The average Bonchev–Trinajstić information content (AvgIpc) is 2.78. The first-order valence-electron chi connectivity index (χ1n) is 7.64. The van der Waals surface area contributed by atoms with Crippen molar-refractivity contribution in [3.05, 3.63) is 36.0 Å². The summed E-state index contributed by atoms with van der Waals surface area (Å²) in [4.78, 5) is 0. The normalized spacial score (nSPS) is 11.3. The van der Waals surface area contributed by atoms with Gasteiger partial charge in [-0.2, -0.15) is 0 Å². The highest BCUT2D eigenvalue weighted by molar-refractivity contribution is 5.81. The lowest BCUT2D eigenvalue weighted by Crippen LogP contribution is -2.17. The molecule has 0 saturated heterocycles. The summed E-state index contributed by atoms with van der Waals surface area (Å²) in [5.74, 6) is 0. The molecule has 0 radical (unpaired) electrons. The monoisotopic (exact) mass is 258 g/mol. The molecule has 1 aromatic carbocycles. The van der Waals surface area contributed by atoms with Crippen LogP contribution in [0.5, 0.6) is 0 Å². The maximum atomic E-state index is 3.52. The Kier molecular flexibility index (Phi) is 5.46. The third-order valence-electron chi connectivity index (χ3n) is 3.61. The number of benzene rings is 1. The molecule has 0 aliphatic heterocycles. The van der Waals surface area contributed by atoms with E-state index in [0.29, 0.717) is 0 Å². The second-order valence-corrected chi connectivity index (χ2v) is 5.23. The fraction of sp³-hybridized carbons (Fsp3) is 0.529. The number of rotatable bonds is 8. The molecule has 104 valence electrons. The lowest BCUT2D eigenvalue weighted by atomic mass is 10.2. The van der Waals surface area contributed by atoms with E-state index in [1.165, 1.54) is 42.3 Å². The van der Waals surface area contributed by atoms with Gasteiger partial charge < -0.3 is 9.88 Å². The minimum absolute atomic E-state index is 0.981. The molecule has 2 heteroatoms. The van der Waals surface area contributed by atoms with Gasteiger partial charge in [-0.15, -0.1) is 0 Å². The van der Waals surface area contributed by atoms with E-state index >= 15 is 0 Å². The number of fused-ring (bicyclic) bond motifs is 1. The Bertz CT molecular complexity index is 499. The highest BCUT2D eigenvalue weighted by atomic mass is 15.0. The molecule has 2 nitrogen and oxygen atoms in total. The summed E-state index contributed by atoms with van der Waals surface area (Å²) in [5.41, 5.74) is 2.80. The number of unbranched alkanes of at least 4 members (excludes halogenated alkanes) is 2. The van der Waals surface area contributed by atoms with Crippen molar-refractivity contribution >= 4 is 10.9 Å². The fourth-order valence-electron chi connectivity index (χ4n) is 2.59. The molecular formula is C17H26N2. The number of nitrogens with one attached hydrogen (secondary N) is 1. The SMILES string of the molecule is CCCCCn1c(CNCCC)cc2ccccc21. The number of para-hydroxylation sites is 1. The standard InChI is InChI=1S/C17H26N2/c1-3-5-8-12-19-16(14-18-11-4-2)13-15-9-6-7-10-17(15)19/h6-7,9-10,13,18H,3-5,8,11-12,14H2,1-2H3. The first-order chi connectivity index (χ1) is 9.36. The van der Waals surface area contributed by atoms with Gasteiger partial charge in [-0.1, -0.05) is 44.9 Å². The molecule has 0 bridgehead atoms. The predicted molar refractivity (Wildman–Crippen MR) is 83.5 cm³/mol. The van der Waals surface area contributed by atoms with E-state index in [4.69, 9.17) is 0 Å². The van der Waals surface area contributed by atoms with E-state index in [9.17, 15) is 0 Å². The summed E-state index contributed by atoms with van der Waals surface area (Å²) in [5, 5.41) is 4.89. The van der Waals surface area contributed by atoms with Gasteiger partial charge in [0.15, 0.2) is 0 Å². The van der Waals surface area contributed by atoms with Crippen LogP contribution in [0.15, 0.2) is 30.3 Å². The molecule has 1 heterocycles. The van der Waals surface area contributed by atoms with E-state index in [2.05, 4.69) is 54.1 Å². The zero-order valence-corrected chi connectivity index (χ0v) is 12.3. The Morgan fingerprint density at radius 1 is 1.05 bits per heavy atom. The third-order valence-corrected chi connectivity index (χ3v) is 3.61. The van der Waals surface area contributed by atoms with Gasteiger partial charge in [-0.25, -0.2) is 0 Å². The molecule has 0 unspecified atom stereocenters. The Morgan fingerprint density at radius 2 is 1.89 bits per heavy atom. The summed E-state index contributed by atoms with van der Waals surface area (Å²) in [6.07, 6.45) is 5.06. The van der Waals surface area contributed by atoms with Crippen LogP contribution in [0.3, 0.4) is 0 Å². The topological polar surface area (TPSA) is 17.0 Å². The average molecular weight is 258 g/mol. The van der Waals surface area contributed by atoms with Gasteiger partial charge in [0.05, 0.1) is 0 Å². The van der Waals surface area contributed by atoms with Gasteiger partial charge in [-0.3, -0.25) is 0 Å². The minimum Gasteiger partial charge on any atom is -0.343 e. The van der Waals surface area contributed by atoms with Crippen LogP contribution in [0.4, 0.5) is 0 Å². The van der Waals surface area contributed by atoms with Gasteiger partial charge in [0.1, 0.15) is 0 Å². The Morgan fingerprint density at radius 3 is 2.68 bits per heavy atom. The maximum Gasteiger partial charge on any atom is 0.0482 e. The van der Waals surface area contributed by atoms with Crippen LogP contribution in [0.25, 0.3) is 10.9 Å². The van der Waals surface area contributed by atoms with Crippen LogP contribution in [-0.4, -0.2) is 11.1 Å². The molecule has 19 heavy (non-hydrogen) atoms. The van der Waals surface area contributed by atoms with Gasteiger partial charge in [0, 0.05) is 24.3 Å². The van der Waals surface area contributed by atoms with Gasteiger partial charge in [-0.05, 0) is 36.9 Å². The van der Waals surface area contributed by atoms with Gasteiger partial charge in [0.25, 0.3) is 0 Å². The van der Waals surface area contributed by atoms with E-state index in [-0.39, 0.29) is 0 Å². The van der Waals surface area contributed by atoms with E-state index in [1.807, 2.05) is 0 Å². The van der Waals surface area contributed by atoms with E-state index in [0.717, 1.165) is 19.6 Å². The molecule has 1 aromatic heterocycles. The van der Waals surface area contributed by atoms with Gasteiger partial charge in [0.2, 0.25) is 0 Å². The molecule has 2 aromatic rings. The number of hydrogen-bond donors (Lipinski definition) is 1. The highest BCUT2D eigenvalue weighted by Crippen LogP contribution is 2.20. The van der Waals surface area contributed by atoms with Crippen LogP contribution < -0.4 is 5.32 Å². The smallest absolute Gasteiger partial charge is 0.0482 e. The number of aromatic nitrogens is 1. The second kappa shape index (κ2) is 7.34. The zero-order valence-electron chi connectivity index (χ0n) is 12.3. The largest absolute Gasteiger partial charge is 0.343 e. The molecule has 1 N–H and O–H groups in total.